The summed E-state index contributed by atoms with van der Waals surface area (Å²) in [5.74, 6) is 5.47. The summed E-state index contributed by atoms with van der Waals surface area (Å²) in [5, 5.41) is 1.92. The molecule has 0 amide bonds. The van der Waals surface area contributed by atoms with E-state index in [2.05, 4.69) is 14.8 Å². The van der Waals surface area contributed by atoms with Crippen molar-refractivity contribution < 1.29 is 0 Å². The highest BCUT2D eigenvalue weighted by Gasteiger charge is 2.16. The maximum absolute atomic E-state index is 5.47. The van der Waals surface area contributed by atoms with Crippen LogP contribution in [0.1, 0.15) is 17.4 Å². The van der Waals surface area contributed by atoms with Gasteiger partial charge in [-0.25, -0.2) is 10.4 Å². The summed E-state index contributed by atoms with van der Waals surface area (Å²) in [5.41, 5.74) is 4.48. The van der Waals surface area contributed by atoms with E-state index >= 15 is 0 Å². The van der Waals surface area contributed by atoms with E-state index in [1.54, 1.807) is 6.33 Å². The molecular weight excluding hydrogens is 198 g/mol. The molecule has 0 fully saturated rings. The van der Waals surface area contributed by atoms with Crippen LogP contribution < -0.4 is 11.3 Å². The zero-order chi connectivity index (χ0) is 9.97. The maximum atomic E-state index is 5.47. The Morgan fingerprint density at radius 2 is 2.43 bits per heavy atom. The van der Waals surface area contributed by atoms with Crippen molar-refractivity contribution in [3.63, 3.8) is 0 Å². The van der Waals surface area contributed by atoms with Crippen LogP contribution in [0.25, 0.3) is 0 Å². The first-order valence-corrected chi connectivity index (χ1v) is 4.99. The fraction of sp³-hybridized carbons (Fsp3) is 0.250. The van der Waals surface area contributed by atoms with Gasteiger partial charge >= 0.3 is 0 Å². The van der Waals surface area contributed by atoms with E-state index in [1.807, 2.05) is 29.3 Å². The van der Waals surface area contributed by atoms with Crippen LogP contribution in [0.2, 0.25) is 0 Å². The molecule has 0 aliphatic heterocycles. The van der Waals surface area contributed by atoms with E-state index in [9.17, 15) is 0 Å². The predicted molar refractivity (Wildman–Crippen MR) is 54.5 cm³/mol. The molecule has 14 heavy (non-hydrogen) atoms. The standard InChI is InChI=1S/C8H11N5S/c1-13-4-7(10-5-13)8(11-9)6-2-3-14-12-6/h2-5,8,11H,9H2,1H3. The number of imidazole rings is 1. The fourth-order valence-corrected chi connectivity index (χ4v) is 1.82. The summed E-state index contributed by atoms with van der Waals surface area (Å²) in [7, 11) is 1.92. The van der Waals surface area contributed by atoms with E-state index in [4.69, 9.17) is 5.84 Å². The summed E-state index contributed by atoms with van der Waals surface area (Å²) in [4.78, 5) is 4.23. The quantitative estimate of drug-likeness (QED) is 0.568. The van der Waals surface area contributed by atoms with Crippen molar-refractivity contribution in [2.45, 2.75) is 6.04 Å². The van der Waals surface area contributed by atoms with Crippen LogP contribution in [0.3, 0.4) is 0 Å². The van der Waals surface area contributed by atoms with Gasteiger partial charge in [-0.2, -0.15) is 4.37 Å². The van der Waals surface area contributed by atoms with Gasteiger partial charge in [0.25, 0.3) is 0 Å². The Morgan fingerprint density at radius 3 is 2.93 bits per heavy atom. The predicted octanol–water partition coefficient (Wildman–Crippen LogP) is 0.429. The number of nitrogens with zero attached hydrogens (tertiary/aromatic N) is 3. The third-order valence-electron chi connectivity index (χ3n) is 1.94. The number of hydrazine groups is 1. The van der Waals surface area contributed by atoms with E-state index in [0.29, 0.717) is 0 Å². The maximum Gasteiger partial charge on any atom is 0.108 e. The van der Waals surface area contributed by atoms with Crippen LogP contribution in [0.4, 0.5) is 0 Å². The Hall–Kier alpha value is -1.24. The zero-order valence-corrected chi connectivity index (χ0v) is 8.53. The molecule has 2 aromatic rings. The molecule has 6 heteroatoms. The molecule has 0 radical (unpaired) electrons. The van der Waals surface area contributed by atoms with Crippen LogP contribution >= 0.6 is 11.5 Å². The third-order valence-corrected chi connectivity index (χ3v) is 2.51. The van der Waals surface area contributed by atoms with Crippen LogP contribution in [0.15, 0.2) is 24.0 Å². The summed E-state index contributed by atoms with van der Waals surface area (Å²) >= 11 is 1.40. The Labute approximate surface area is 85.7 Å². The second-order valence-electron chi connectivity index (χ2n) is 2.99. The van der Waals surface area contributed by atoms with Crippen molar-refractivity contribution in [2.24, 2.45) is 12.9 Å². The van der Waals surface area contributed by atoms with Crippen molar-refractivity contribution in [1.29, 1.82) is 0 Å². The molecule has 1 atom stereocenters. The number of hydrogen-bond donors (Lipinski definition) is 2. The van der Waals surface area contributed by atoms with Gasteiger partial charge in [-0.05, 0) is 17.6 Å². The largest absolute Gasteiger partial charge is 0.340 e. The molecule has 0 saturated heterocycles. The highest BCUT2D eigenvalue weighted by molar-refractivity contribution is 7.03. The Bertz CT molecular complexity index is 394. The average molecular weight is 209 g/mol. The Morgan fingerprint density at radius 1 is 1.57 bits per heavy atom. The molecule has 74 valence electrons. The molecule has 5 nitrogen and oxygen atoms in total. The number of nitrogens with two attached hydrogens (primary N) is 1. The number of hydrogen-bond acceptors (Lipinski definition) is 5. The lowest BCUT2D eigenvalue weighted by atomic mass is 10.2. The van der Waals surface area contributed by atoms with Crippen molar-refractivity contribution >= 4 is 11.5 Å². The Balaban J connectivity index is 2.31. The lowest BCUT2D eigenvalue weighted by Crippen LogP contribution is -2.29. The van der Waals surface area contributed by atoms with Crippen LogP contribution in [0.5, 0.6) is 0 Å². The van der Waals surface area contributed by atoms with Gasteiger partial charge < -0.3 is 4.57 Å². The minimum absolute atomic E-state index is 0.123. The highest BCUT2D eigenvalue weighted by atomic mass is 32.1. The molecule has 2 aromatic heterocycles. The molecule has 1 unspecified atom stereocenters. The normalized spacial score (nSPS) is 13.0. The molecule has 0 bridgehead atoms. The number of aryl methyl sites for hydroxylation is 1. The van der Waals surface area contributed by atoms with Crippen LogP contribution in [0, 0.1) is 0 Å². The van der Waals surface area contributed by atoms with Gasteiger partial charge in [0.15, 0.2) is 0 Å². The van der Waals surface area contributed by atoms with E-state index in [0.717, 1.165) is 11.4 Å². The minimum Gasteiger partial charge on any atom is -0.340 e. The molecule has 0 saturated carbocycles. The second kappa shape index (κ2) is 3.87. The van der Waals surface area contributed by atoms with Gasteiger partial charge in [-0.1, -0.05) is 0 Å². The molecule has 3 N–H and O–H groups in total. The summed E-state index contributed by atoms with van der Waals surface area (Å²) in [6.45, 7) is 0. The van der Waals surface area contributed by atoms with Gasteiger partial charge in [-0.15, -0.1) is 0 Å². The third kappa shape index (κ3) is 1.67. The Kier molecular flexibility index (Phi) is 2.58. The zero-order valence-electron chi connectivity index (χ0n) is 7.71. The monoisotopic (exact) mass is 209 g/mol. The summed E-state index contributed by atoms with van der Waals surface area (Å²) < 4.78 is 6.10. The van der Waals surface area contributed by atoms with Crippen molar-refractivity contribution in [1.82, 2.24) is 19.4 Å². The summed E-state index contributed by atoms with van der Waals surface area (Å²) in [6, 6.07) is 1.81. The number of aromatic nitrogens is 3. The first kappa shape index (κ1) is 9.32. The van der Waals surface area contributed by atoms with Crippen molar-refractivity contribution in [3.05, 3.63) is 35.4 Å². The van der Waals surface area contributed by atoms with Gasteiger partial charge in [-0.3, -0.25) is 5.84 Å². The van der Waals surface area contributed by atoms with Crippen molar-refractivity contribution in [3.8, 4) is 0 Å². The molecule has 2 rings (SSSR count). The SMILES string of the molecule is Cn1cnc(C(NN)c2ccsn2)c1. The molecule has 0 spiro atoms. The topological polar surface area (TPSA) is 68.8 Å². The van der Waals surface area contributed by atoms with Crippen molar-refractivity contribution in [2.75, 3.05) is 0 Å². The second-order valence-corrected chi connectivity index (χ2v) is 3.65. The van der Waals surface area contributed by atoms with Gasteiger partial charge in [0.2, 0.25) is 0 Å². The summed E-state index contributed by atoms with van der Waals surface area (Å²) in [6.07, 6.45) is 3.66. The van der Waals surface area contributed by atoms with E-state index in [1.165, 1.54) is 11.5 Å². The lowest BCUT2D eigenvalue weighted by molar-refractivity contribution is 0.613. The highest BCUT2D eigenvalue weighted by Crippen LogP contribution is 2.18. The minimum atomic E-state index is -0.123. The van der Waals surface area contributed by atoms with Crippen LogP contribution in [-0.4, -0.2) is 13.9 Å². The van der Waals surface area contributed by atoms with Crippen LogP contribution in [-0.2, 0) is 7.05 Å². The molecule has 2 heterocycles. The molecule has 0 aliphatic carbocycles. The fourth-order valence-electron chi connectivity index (χ4n) is 1.28. The molecular formula is C8H11N5S. The van der Waals surface area contributed by atoms with Gasteiger partial charge in [0.05, 0.1) is 17.7 Å². The smallest absolute Gasteiger partial charge is 0.108 e. The van der Waals surface area contributed by atoms with Gasteiger partial charge in [0.1, 0.15) is 6.04 Å². The van der Waals surface area contributed by atoms with Gasteiger partial charge in [0, 0.05) is 18.6 Å². The average Bonchev–Trinajstić information content (AvgIpc) is 2.79. The molecule has 0 aromatic carbocycles. The number of nitrogens with one attached hydrogen (secondary N) is 1. The molecule has 0 aliphatic rings. The number of rotatable bonds is 3. The lowest BCUT2D eigenvalue weighted by Gasteiger charge is -2.09. The van der Waals surface area contributed by atoms with E-state index < -0.39 is 0 Å². The van der Waals surface area contributed by atoms with E-state index in [-0.39, 0.29) is 6.04 Å². The first-order chi connectivity index (χ1) is 6.81. The first-order valence-electron chi connectivity index (χ1n) is 4.15.